The van der Waals surface area contributed by atoms with Gasteiger partial charge in [-0.3, -0.25) is 0 Å². The lowest BCUT2D eigenvalue weighted by molar-refractivity contribution is -0.700. The summed E-state index contributed by atoms with van der Waals surface area (Å²) in [5.41, 5.74) is -0.0595. The van der Waals surface area contributed by atoms with Crippen LogP contribution in [0.5, 0.6) is 0 Å². The number of rotatable bonds is 3. The molecule has 5 heteroatoms. The molecule has 3 nitrogen and oxygen atoms in total. The predicted molar refractivity (Wildman–Crippen MR) is 63.9 cm³/mol. The van der Waals surface area contributed by atoms with Crippen LogP contribution in [-0.4, -0.2) is 18.1 Å². The second-order valence-corrected chi connectivity index (χ2v) is 5.30. The molecule has 1 atom stereocenters. The van der Waals surface area contributed by atoms with Crippen LogP contribution >= 0.6 is 23.2 Å². The molecular weight excluding hydrogens is 261 g/mol. The van der Waals surface area contributed by atoms with E-state index in [1.165, 1.54) is 0 Å². The quantitative estimate of drug-likeness (QED) is 0.866. The highest BCUT2D eigenvalue weighted by molar-refractivity contribution is 6.35. The van der Waals surface area contributed by atoms with Crippen molar-refractivity contribution in [2.24, 2.45) is 0 Å². The van der Waals surface area contributed by atoms with Gasteiger partial charge in [0.2, 0.25) is 0 Å². The summed E-state index contributed by atoms with van der Waals surface area (Å²) in [5.74, 6) is -1.01. The number of halogens is 2. The number of hydrogen-bond donors (Lipinski definition) is 1. The van der Waals surface area contributed by atoms with Crippen molar-refractivity contribution in [3.63, 3.8) is 0 Å². The predicted octanol–water partition coefficient (Wildman–Crippen LogP) is 0.382. The normalized spacial score (nSPS) is 23.9. The molecule has 0 unspecified atom stereocenters. The van der Waals surface area contributed by atoms with Crippen LogP contribution in [0.2, 0.25) is 10.0 Å². The van der Waals surface area contributed by atoms with Crippen molar-refractivity contribution < 1.29 is 15.2 Å². The van der Waals surface area contributed by atoms with Crippen LogP contribution < -0.4 is 10.4 Å². The Bertz CT molecular complexity index is 442. The SMILES string of the molecule is O=C([O-])[C@@]1(Cc2ccc(Cl)cc2Cl)CCC[NH2+]1. The Kier molecular flexibility index (Phi) is 3.61. The van der Waals surface area contributed by atoms with Crippen LogP contribution in [0, 0.1) is 0 Å². The van der Waals surface area contributed by atoms with Crippen LogP contribution in [0.3, 0.4) is 0 Å². The van der Waals surface area contributed by atoms with Crippen LogP contribution in [0.25, 0.3) is 0 Å². The minimum atomic E-state index is -1.01. The van der Waals surface area contributed by atoms with Crippen LogP contribution in [0.1, 0.15) is 18.4 Å². The molecule has 0 bridgehead atoms. The Morgan fingerprint density at radius 1 is 1.47 bits per heavy atom. The summed E-state index contributed by atoms with van der Waals surface area (Å²) >= 11 is 11.9. The highest BCUT2D eigenvalue weighted by Crippen LogP contribution is 2.26. The lowest BCUT2D eigenvalue weighted by Crippen LogP contribution is -2.97. The summed E-state index contributed by atoms with van der Waals surface area (Å²) < 4.78 is 0. The van der Waals surface area contributed by atoms with Gasteiger partial charge in [0.1, 0.15) is 11.5 Å². The average molecular weight is 274 g/mol. The van der Waals surface area contributed by atoms with E-state index >= 15 is 0 Å². The van der Waals surface area contributed by atoms with Crippen molar-refractivity contribution in [2.75, 3.05) is 6.54 Å². The first-order chi connectivity index (χ1) is 8.03. The Morgan fingerprint density at radius 3 is 2.76 bits per heavy atom. The fourth-order valence-electron chi connectivity index (χ4n) is 2.32. The van der Waals surface area contributed by atoms with Crippen LogP contribution in [-0.2, 0) is 11.2 Å². The van der Waals surface area contributed by atoms with Crippen molar-refractivity contribution in [3.8, 4) is 0 Å². The topological polar surface area (TPSA) is 56.7 Å². The van der Waals surface area contributed by atoms with Crippen LogP contribution in [0.4, 0.5) is 0 Å². The van der Waals surface area contributed by atoms with E-state index in [1.807, 2.05) is 5.32 Å². The monoisotopic (exact) mass is 273 g/mol. The maximum Gasteiger partial charge on any atom is 0.140 e. The number of carbonyl (C=O) groups excluding carboxylic acids is 1. The largest absolute Gasteiger partial charge is 0.544 e. The number of carboxylic acids is 1. The molecule has 0 radical (unpaired) electrons. The van der Waals surface area contributed by atoms with E-state index in [2.05, 4.69) is 0 Å². The first kappa shape index (κ1) is 12.7. The van der Waals surface area contributed by atoms with E-state index in [4.69, 9.17) is 23.2 Å². The molecule has 1 aliphatic heterocycles. The van der Waals surface area contributed by atoms with E-state index in [0.717, 1.165) is 18.5 Å². The molecule has 2 N–H and O–H groups in total. The molecule has 0 saturated carbocycles. The second kappa shape index (κ2) is 4.84. The summed E-state index contributed by atoms with van der Waals surface area (Å²) in [6.45, 7) is 0.819. The highest BCUT2D eigenvalue weighted by atomic mass is 35.5. The van der Waals surface area contributed by atoms with Gasteiger partial charge in [0, 0.05) is 29.3 Å². The van der Waals surface area contributed by atoms with E-state index in [1.54, 1.807) is 18.2 Å². The Morgan fingerprint density at radius 2 is 2.24 bits per heavy atom. The molecule has 1 fully saturated rings. The van der Waals surface area contributed by atoms with Gasteiger partial charge in [-0.1, -0.05) is 29.3 Å². The number of aliphatic carboxylic acids is 1. The molecule has 1 saturated heterocycles. The molecule has 1 heterocycles. The Hall–Kier alpha value is -0.770. The number of benzene rings is 1. The van der Waals surface area contributed by atoms with Gasteiger partial charge in [0.05, 0.1) is 6.54 Å². The zero-order valence-electron chi connectivity index (χ0n) is 9.21. The third kappa shape index (κ3) is 2.57. The molecule has 0 aliphatic carbocycles. The van der Waals surface area contributed by atoms with Gasteiger partial charge in [-0.15, -0.1) is 0 Å². The standard InChI is InChI=1S/C12H13Cl2NO2/c13-9-3-2-8(10(14)6-9)7-12(11(16)17)4-1-5-15-12/h2-3,6,15H,1,4-5,7H2,(H,16,17)/t12-/m0/s1. The van der Waals surface area contributed by atoms with Crippen molar-refractivity contribution in [2.45, 2.75) is 24.8 Å². The third-order valence-corrected chi connectivity index (χ3v) is 3.88. The number of quaternary nitrogens is 1. The third-order valence-electron chi connectivity index (χ3n) is 3.29. The summed E-state index contributed by atoms with van der Waals surface area (Å²) in [6.07, 6.45) is 1.89. The minimum Gasteiger partial charge on any atom is -0.544 e. The zero-order valence-corrected chi connectivity index (χ0v) is 10.7. The maximum absolute atomic E-state index is 11.3. The molecule has 17 heavy (non-hydrogen) atoms. The maximum atomic E-state index is 11.3. The van der Waals surface area contributed by atoms with Gasteiger partial charge in [0.15, 0.2) is 0 Å². The lowest BCUT2D eigenvalue weighted by Gasteiger charge is -2.27. The van der Waals surface area contributed by atoms with Gasteiger partial charge in [-0.05, 0) is 17.7 Å². The minimum absolute atomic E-state index is 0.380. The fraction of sp³-hybridized carbons (Fsp3) is 0.417. The summed E-state index contributed by atoms with van der Waals surface area (Å²) in [6, 6.07) is 5.14. The number of carbonyl (C=O) groups is 1. The average Bonchev–Trinajstić information content (AvgIpc) is 2.72. The molecular formula is C12H13Cl2NO2. The smallest absolute Gasteiger partial charge is 0.140 e. The van der Waals surface area contributed by atoms with Gasteiger partial charge < -0.3 is 15.2 Å². The number of carboxylic acid groups (broad SMARTS) is 1. The lowest BCUT2D eigenvalue weighted by atomic mass is 9.89. The molecule has 2 rings (SSSR count). The van der Waals surface area contributed by atoms with E-state index < -0.39 is 11.5 Å². The molecule has 0 spiro atoms. The van der Waals surface area contributed by atoms with E-state index in [9.17, 15) is 9.90 Å². The van der Waals surface area contributed by atoms with Gasteiger partial charge >= 0.3 is 0 Å². The summed E-state index contributed by atoms with van der Waals surface area (Å²) in [4.78, 5) is 11.3. The first-order valence-electron chi connectivity index (χ1n) is 5.53. The Labute approximate surface area is 110 Å². The van der Waals surface area contributed by atoms with Crippen molar-refractivity contribution in [1.29, 1.82) is 0 Å². The molecule has 1 aromatic carbocycles. The van der Waals surface area contributed by atoms with Crippen molar-refractivity contribution >= 4 is 29.2 Å². The van der Waals surface area contributed by atoms with Crippen molar-refractivity contribution in [3.05, 3.63) is 33.8 Å². The van der Waals surface area contributed by atoms with E-state index in [-0.39, 0.29) is 0 Å². The molecule has 0 amide bonds. The molecule has 0 aromatic heterocycles. The zero-order chi connectivity index (χ0) is 12.5. The summed E-state index contributed by atoms with van der Waals surface area (Å²) in [7, 11) is 0. The highest BCUT2D eigenvalue weighted by Gasteiger charge is 2.40. The first-order valence-corrected chi connectivity index (χ1v) is 6.29. The Balaban J connectivity index is 2.26. The molecule has 1 aromatic rings. The van der Waals surface area contributed by atoms with Gasteiger partial charge in [-0.2, -0.15) is 0 Å². The van der Waals surface area contributed by atoms with Gasteiger partial charge in [-0.25, -0.2) is 0 Å². The van der Waals surface area contributed by atoms with E-state index in [0.29, 0.717) is 22.9 Å². The molecule has 92 valence electrons. The molecule has 1 aliphatic rings. The van der Waals surface area contributed by atoms with Crippen LogP contribution in [0.15, 0.2) is 18.2 Å². The second-order valence-electron chi connectivity index (χ2n) is 4.45. The summed E-state index contributed by atoms with van der Waals surface area (Å²) in [5, 5.41) is 14.2. The number of nitrogens with two attached hydrogens (primary N) is 1. The van der Waals surface area contributed by atoms with Crippen molar-refractivity contribution in [1.82, 2.24) is 0 Å². The number of hydrogen-bond acceptors (Lipinski definition) is 2. The van der Waals surface area contributed by atoms with Gasteiger partial charge in [0.25, 0.3) is 0 Å². The fourth-order valence-corrected chi connectivity index (χ4v) is 2.80.